The highest BCUT2D eigenvalue weighted by Crippen LogP contribution is 2.22. The van der Waals surface area contributed by atoms with Crippen molar-refractivity contribution in [2.75, 3.05) is 0 Å². The Bertz CT molecular complexity index is 535. The number of pyridine rings is 2. The highest BCUT2D eigenvalue weighted by atomic mass is 16.5. The normalized spacial score (nSPS) is 10.0. The van der Waals surface area contributed by atoms with Crippen LogP contribution in [0.15, 0.2) is 36.7 Å². The summed E-state index contributed by atoms with van der Waals surface area (Å²) in [5.74, 6) is 0.802. The number of nitrogens with zero attached hydrogens (tertiary/aromatic N) is 2. The van der Waals surface area contributed by atoms with Crippen molar-refractivity contribution >= 4 is 5.78 Å². The molecule has 0 amide bonds. The molecule has 0 unspecified atom stereocenters. The van der Waals surface area contributed by atoms with Gasteiger partial charge in [0, 0.05) is 11.9 Å². The molecule has 0 saturated heterocycles. The van der Waals surface area contributed by atoms with Crippen molar-refractivity contribution in [1.29, 1.82) is 0 Å². The van der Waals surface area contributed by atoms with Crippen LogP contribution in [-0.2, 0) is 0 Å². The summed E-state index contributed by atoms with van der Waals surface area (Å²) in [5, 5.41) is 0. The van der Waals surface area contributed by atoms with E-state index in [2.05, 4.69) is 9.97 Å². The quantitative estimate of drug-likeness (QED) is 0.758. The molecule has 0 spiro atoms. The molecule has 2 aromatic rings. The summed E-state index contributed by atoms with van der Waals surface area (Å²) in [6.45, 7) is 3.38. The molecule has 17 heavy (non-hydrogen) atoms. The van der Waals surface area contributed by atoms with Crippen LogP contribution in [0.4, 0.5) is 0 Å². The summed E-state index contributed by atoms with van der Waals surface area (Å²) >= 11 is 0. The van der Waals surface area contributed by atoms with Crippen molar-refractivity contribution in [3.8, 4) is 11.6 Å². The van der Waals surface area contributed by atoms with E-state index in [-0.39, 0.29) is 5.78 Å². The second-order valence-electron chi connectivity index (χ2n) is 3.65. The molecule has 86 valence electrons. The molecule has 0 radical (unpaired) electrons. The van der Waals surface area contributed by atoms with Gasteiger partial charge in [0.1, 0.15) is 5.75 Å². The van der Waals surface area contributed by atoms with E-state index in [9.17, 15) is 4.79 Å². The maximum Gasteiger partial charge on any atom is 0.230 e. The molecule has 0 aliphatic heterocycles. The molecule has 0 aromatic carbocycles. The Hall–Kier alpha value is -2.23. The smallest absolute Gasteiger partial charge is 0.230 e. The molecule has 0 N–H and O–H groups in total. The number of ketones is 1. The third-order valence-corrected chi connectivity index (χ3v) is 2.25. The number of aryl methyl sites for hydroxylation is 1. The maximum absolute atomic E-state index is 11.4. The molecule has 0 aliphatic rings. The Kier molecular flexibility index (Phi) is 3.14. The van der Waals surface area contributed by atoms with Crippen LogP contribution in [0, 0.1) is 6.92 Å². The van der Waals surface area contributed by atoms with E-state index in [0.29, 0.717) is 17.2 Å². The van der Waals surface area contributed by atoms with E-state index >= 15 is 0 Å². The number of rotatable bonds is 3. The van der Waals surface area contributed by atoms with Gasteiger partial charge in [0.25, 0.3) is 0 Å². The van der Waals surface area contributed by atoms with Gasteiger partial charge in [-0.25, -0.2) is 4.98 Å². The maximum atomic E-state index is 11.4. The summed E-state index contributed by atoms with van der Waals surface area (Å²) < 4.78 is 5.53. The lowest BCUT2D eigenvalue weighted by Crippen LogP contribution is -1.99. The summed E-state index contributed by atoms with van der Waals surface area (Å²) in [7, 11) is 0. The number of ether oxygens (including phenoxy) is 1. The highest BCUT2D eigenvalue weighted by molar-refractivity contribution is 5.96. The van der Waals surface area contributed by atoms with Crippen LogP contribution >= 0.6 is 0 Å². The Morgan fingerprint density at radius 3 is 2.71 bits per heavy atom. The first-order valence-electron chi connectivity index (χ1n) is 5.23. The average Bonchev–Trinajstić information content (AvgIpc) is 2.32. The van der Waals surface area contributed by atoms with Crippen LogP contribution in [0.5, 0.6) is 11.6 Å². The van der Waals surface area contributed by atoms with E-state index in [1.54, 1.807) is 30.6 Å². The van der Waals surface area contributed by atoms with Crippen LogP contribution in [0.2, 0.25) is 0 Å². The van der Waals surface area contributed by atoms with E-state index in [1.165, 1.54) is 6.92 Å². The van der Waals surface area contributed by atoms with Crippen molar-refractivity contribution in [1.82, 2.24) is 9.97 Å². The van der Waals surface area contributed by atoms with Gasteiger partial charge in [-0.2, -0.15) is 0 Å². The molecule has 4 heteroatoms. The molecule has 2 aromatic heterocycles. The van der Waals surface area contributed by atoms with Crippen LogP contribution in [-0.4, -0.2) is 15.8 Å². The zero-order chi connectivity index (χ0) is 12.3. The predicted molar refractivity (Wildman–Crippen MR) is 63.3 cm³/mol. The van der Waals surface area contributed by atoms with Crippen molar-refractivity contribution in [3.05, 3.63) is 47.9 Å². The van der Waals surface area contributed by atoms with Crippen LogP contribution in [0.1, 0.15) is 23.0 Å². The van der Waals surface area contributed by atoms with Gasteiger partial charge in [-0.3, -0.25) is 9.78 Å². The zero-order valence-corrected chi connectivity index (χ0v) is 9.68. The highest BCUT2D eigenvalue weighted by Gasteiger charge is 2.09. The van der Waals surface area contributed by atoms with Crippen molar-refractivity contribution in [2.45, 2.75) is 13.8 Å². The van der Waals surface area contributed by atoms with Crippen LogP contribution in [0.25, 0.3) is 0 Å². The number of carbonyl (C=O) groups excluding carboxylic acids is 1. The Morgan fingerprint density at radius 2 is 2.06 bits per heavy atom. The van der Waals surface area contributed by atoms with E-state index < -0.39 is 0 Å². The van der Waals surface area contributed by atoms with Gasteiger partial charge < -0.3 is 4.74 Å². The first-order chi connectivity index (χ1) is 8.16. The topological polar surface area (TPSA) is 52.1 Å². The first-order valence-corrected chi connectivity index (χ1v) is 5.23. The Labute approximate surface area is 99.3 Å². The van der Waals surface area contributed by atoms with Gasteiger partial charge in [0.05, 0.1) is 11.8 Å². The van der Waals surface area contributed by atoms with Gasteiger partial charge in [-0.1, -0.05) is 0 Å². The van der Waals surface area contributed by atoms with Gasteiger partial charge >= 0.3 is 0 Å². The van der Waals surface area contributed by atoms with Crippen molar-refractivity contribution < 1.29 is 9.53 Å². The fourth-order valence-corrected chi connectivity index (χ4v) is 1.37. The van der Waals surface area contributed by atoms with Gasteiger partial charge in [-0.05, 0) is 38.1 Å². The molecule has 2 heterocycles. The minimum atomic E-state index is -0.0758. The van der Waals surface area contributed by atoms with Gasteiger partial charge in [0.15, 0.2) is 5.78 Å². The number of carbonyl (C=O) groups is 1. The lowest BCUT2D eigenvalue weighted by molar-refractivity contribution is 0.101. The number of aromatic nitrogens is 2. The first kappa shape index (κ1) is 11.3. The standard InChI is InChI=1S/C13H12N2O2/c1-9-5-6-11(8-15-9)17-13-12(10(2)16)4-3-7-14-13/h3-8H,1-2H3. The number of Topliss-reactive ketones (excluding diaryl/α,β-unsaturated/α-hetero) is 1. The largest absolute Gasteiger partial charge is 0.437 e. The summed E-state index contributed by atoms with van der Waals surface area (Å²) in [4.78, 5) is 19.5. The number of hydrogen-bond acceptors (Lipinski definition) is 4. The Balaban J connectivity index is 2.30. The second kappa shape index (κ2) is 4.74. The van der Waals surface area contributed by atoms with Crippen molar-refractivity contribution in [2.24, 2.45) is 0 Å². The molecular formula is C13H12N2O2. The zero-order valence-electron chi connectivity index (χ0n) is 9.68. The van der Waals surface area contributed by atoms with Gasteiger partial charge in [0.2, 0.25) is 5.88 Å². The molecule has 0 saturated carbocycles. The average molecular weight is 228 g/mol. The molecule has 4 nitrogen and oxygen atoms in total. The fraction of sp³-hybridized carbons (Fsp3) is 0.154. The summed E-state index contributed by atoms with van der Waals surface area (Å²) in [6.07, 6.45) is 3.19. The minimum absolute atomic E-state index is 0.0758. The molecule has 0 aliphatic carbocycles. The molecule has 0 atom stereocenters. The molecule has 0 fully saturated rings. The lowest BCUT2D eigenvalue weighted by atomic mass is 10.2. The van der Waals surface area contributed by atoms with Gasteiger partial charge in [-0.15, -0.1) is 0 Å². The monoisotopic (exact) mass is 228 g/mol. The fourth-order valence-electron chi connectivity index (χ4n) is 1.37. The van der Waals surface area contributed by atoms with E-state index in [0.717, 1.165) is 5.69 Å². The summed E-state index contributed by atoms with van der Waals surface area (Å²) in [5.41, 5.74) is 1.37. The van der Waals surface area contributed by atoms with E-state index in [1.807, 2.05) is 13.0 Å². The second-order valence-corrected chi connectivity index (χ2v) is 3.65. The summed E-state index contributed by atoms with van der Waals surface area (Å²) in [6, 6.07) is 7.02. The van der Waals surface area contributed by atoms with Crippen LogP contribution < -0.4 is 4.74 Å². The molecular weight excluding hydrogens is 216 g/mol. The predicted octanol–water partition coefficient (Wildman–Crippen LogP) is 2.78. The Morgan fingerprint density at radius 1 is 1.24 bits per heavy atom. The van der Waals surface area contributed by atoms with Crippen LogP contribution in [0.3, 0.4) is 0 Å². The molecule has 0 bridgehead atoms. The SMILES string of the molecule is CC(=O)c1cccnc1Oc1ccc(C)nc1. The third kappa shape index (κ3) is 2.66. The number of hydrogen-bond donors (Lipinski definition) is 0. The minimum Gasteiger partial charge on any atom is -0.437 e. The van der Waals surface area contributed by atoms with Crippen molar-refractivity contribution in [3.63, 3.8) is 0 Å². The lowest BCUT2D eigenvalue weighted by Gasteiger charge is -2.07. The third-order valence-electron chi connectivity index (χ3n) is 2.25. The van der Waals surface area contributed by atoms with E-state index in [4.69, 9.17) is 4.74 Å². The molecule has 2 rings (SSSR count).